The summed E-state index contributed by atoms with van der Waals surface area (Å²) < 4.78 is 7.27. The van der Waals surface area contributed by atoms with Crippen LogP contribution in [0.15, 0.2) is 53.1 Å². The first-order valence-electron chi connectivity index (χ1n) is 7.58. The Morgan fingerprint density at radius 1 is 1.04 bits per heavy atom. The molecule has 0 aliphatic heterocycles. The summed E-state index contributed by atoms with van der Waals surface area (Å²) in [6.07, 6.45) is 1.02. The maximum Gasteiger partial charge on any atom is 0.258 e. The molecule has 6 nitrogen and oxygen atoms in total. The minimum Gasteiger partial charge on any atom is -0.334 e. The van der Waals surface area contributed by atoms with Crippen molar-refractivity contribution in [1.29, 1.82) is 0 Å². The number of aromatic nitrogens is 5. The molecule has 0 bridgehead atoms. The van der Waals surface area contributed by atoms with Crippen LogP contribution in [0.1, 0.15) is 13.3 Å². The van der Waals surface area contributed by atoms with Crippen LogP contribution in [-0.2, 0) is 6.54 Å². The molecule has 0 amide bonds. The van der Waals surface area contributed by atoms with Crippen molar-refractivity contribution in [3.63, 3.8) is 0 Å². The fourth-order valence-electron chi connectivity index (χ4n) is 2.53. The molecule has 0 atom stereocenters. The van der Waals surface area contributed by atoms with Gasteiger partial charge < -0.3 is 4.52 Å². The molecule has 0 unspecified atom stereocenters. The number of hydrogen-bond donors (Lipinski definition) is 0. The van der Waals surface area contributed by atoms with Gasteiger partial charge in [0.2, 0.25) is 5.82 Å². The smallest absolute Gasteiger partial charge is 0.258 e. The van der Waals surface area contributed by atoms with Crippen LogP contribution in [0.5, 0.6) is 0 Å². The molecule has 114 valence electrons. The van der Waals surface area contributed by atoms with Crippen molar-refractivity contribution >= 4 is 11.0 Å². The zero-order chi connectivity index (χ0) is 15.6. The molecule has 6 heteroatoms. The number of benzene rings is 2. The molecule has 0 fully saturated rings. The highest BCUT2D eigenvalue weighted by Gasteiger charge is 2.12. The van der Waals surface area contributed by atoms with Crippen LogP contribution in [0.4, 0.5) is 0 Å². The van der Waals surface area contributed by atoms with Crippen molar-refractivity contribution in [2.45, 2.75) is 19.9 Å². The van der Waals surface area contributed by atoms with Crippen molar-refractivity contribution in [3.05, 3.63) is 48.5 Å². The first kappa shape index (κ1) is 13.6. The van der Waals surface area contributed by atoms with Crippen LogP contribution < -0.4 is 0 Å². The predicted molar refractivity (Wildman–Crippen MR) is 86.5 cm³/mol. The van der Waals surface area contributed by atoms with Gasteiger partial charge in [0.1, 0.15) is 5.52 Å². The molecule has 2 heterocycles. The summed E-state index contributed by atoms with van der Waals surface area (Å²) in [6.45, 7) is 2.97. The lowest BCUT2D eigenvalue weighted by Crippen LogP contribution is -1.98. The van der Waals surface area contributed by atoms with Gasteiger partial charge in [0.15, 0.2) is 0 Å². The van der Waals surface area contributed by atoms with Crippen LogP contribution in [0.2, 0.25) is 0 Å². The number of hydrogen-bond acceptors (Lipinski definition) is 5. The van der Waals surface area contributed by atoms with E-state index in [2.05, 4.69) is 27.4 Å². The summed E-state index contributed by atoms with van der Waals surface area (Å²) in [5.41, 5.74) is 3.62. The molecule has 23 heavy (non-hydrogen) atoms. The normalized spacial score (nSPS) is 11.2. The van der Waals surface area contributed by atoms with E-state index in [0.717, 1.165) is 35.1 Å². The molecule has 0 aliphatic rings. The summed E-state index contributed by atoms with van der Waals surface area (Å²) in [5.74, 6) is 1.06. The van der Waals surface area contributed by atoms with Gasteiger partial charge in [0.25, 0.3) is 5.89 Å². The molecule has 0 spiro atoms. The maximum absolute atomic E-state index is 5.36. The second kappa shape index (κ2) is 5.64. The van der Waals surface area contributed by atoms with Gasteiger partial charge in [-0.05, 0) is 36.8 Å². The summed E-state index contributed by atoms with van der Waals surface area (Å²) in [7, 11) is 0. The van der Waals surface area contributed by atoms with Gasteiger partial charge in [-0.15, -0.1) is 5.10 Å². The van der Waals surface area contributed by atoms with Crippen molar-refractivity contribution in [3.8, 4) is 22.8 Å². The second-order valence-electron chi connectivity index (χ2n) is 5.31. The molecule has 0 saturated carbocycles. The minimum atomic E-state index is 0.510. The number of aryl methyl sites for hydroxylation is 1. The molecule has 4 aromatic rings. The summed E-state index contributed by atoms with van der Waals surface area (Å²) in [5, 5.41) is 12.5. The lowest BCUT2D eigenvalue weighted by Gasteiger charge is -1.99. The summed E-state index contributed by atoms with van der Waals surface area (Å²) in [4.78, 5) is 4.47. The van der Waals surface area contributed by atoms with E-state index in [4.69, 9.17) is 4.52 Å². The third-order valence-electron chi connectivity index (χ3n) is 3.65. The molecule has 0 N–H and O–H groups in total. The Labute approximate surface area is 132 Å². The van der Waals surface area contributed by atoms with Crippen molar-refractivity contribution in [2.75, 3.05) is 0 Å². The first-order chi connectivity index (χ1) is 11.3. The third-order valence-corrected chi connectivity index (χ3v) is 3.65. The van der Waals surface area contributed by atoms with E-state index in [9.17, 15) is 0 Å². The molecular formula is C17H15N5O. The first-order valence-corrected chi connectivity index (χ1v) is 7.58. The molecule has 2 aromatic heterocycles. The van der Waals surface area contributed by atoms with Crippen LogP contribution in [-0.4, -0.2) is 25.1 Å². The Hall–Kier alpha value is -3.02. The Morgan fingerprint density at radius 2 is 1.91 bits per heavy atom. The Balaban J connectivity index is 1.71. The zero-order valence-electron chi connectivity index (χ0n) is 12.7. The van der Waals surface area contributed by atoms with Crippen molar-refractivity contribution in [1.82, 2.24) is 25.1 Å². The van der Waals surface area contributed by atoms with E-state index < -0.39 is 0 Å². The molecule has 2 aromatic carbocycles. The topological polar surface area (TPSA) is 69.6 Å². The number of fused-ring (bicyclic) bond motifs is 1. The number of nitrogens with zero attached hydrogens (tertiary/aromatic N) is 5. The average Bonchev–Trinajstić information content (AvgIpc) is 3.23. The van der Waals surface area contributed by atoms with Gasteiger partial charge in [0, 0.05) is 17.7 Å². The fourth-order valence-corrected chi connectivity index (χ4v) is 2.53. The fraction of sp³-hybridized carbons (Fsp3) is 0.176. The summed E-state index contributed by atoms with van der Waals surface area (Å²) in [6, 6.07) is 15.6. The van der Waals surface area contributed by atoms with Gasteiger partial charge in [0.05, 0.1) is 5.52 Å². The van der Waals surface area contributed by atoms with Crippen LogP contribution in [0.25, 0.3) is 33.9 Å². The van der Waals surface area contributed by atoms with Crippen LogP contribution in [0, 0.1) is 0 Å². The lowest BCUT2D eigenvalue weighted by molar-refractivity contribution is 0.432. The highest BCUT2D eigenvalue weighted by molar-refractivity contribution is 5.80. The molecule has 0 saturated heterocycles. The molecular weight excluding hydrogens is 290 g/mol. The lowest BCUT2D eigenvalue weighted by atomic mass is 10.2. The van der Waals surface area contributed by atoms with Gasteiger partial charge in [-0.1, -0.05) is 35.5 Å². The monoisotopic (exact) mass is 305 g/mol. The van der Waals surface area contributed by atoms with E-state index in [1.54, 1.807) is 0 Å². The van der Waals surface area contributed by atoms with Gasteiger partial charge in [-0.3, -0.25) is 0 Å². The van der Waals surface area contributed by atoms with E-state index in [0.29, 0.717) is 11.7 Å². The number of rotatable bonds is 4. The Morgan fingerprint density at radius 3 is 2.74 bits per heavy atom. The van der Waals surface area contributed by atoms with Crippen molar-refractivity contribution in [2.24, 2.45) is 0 Å². The SMILES string of the molecule is CCCn1nnc2cc(-c3noc(-c4ccccc4)n3)ccc21. The van der Waals surface area contributed by atoms with E-state index in [1.807, 2.05) is 53.2 Å². The average molecular weight is 305 g/mol. The quantitative estimate of drug-likeness (QED) is 0.576. The van der Waals surface area contributed by atoms with E-state index >= 15 is 0 Å². The second-order valence-corrected chi connectivity index (χ2v) is 5.31. The highest BCUT2D eigenvalue weighted by atomic mass is 16.5. The molecule has 4 rings (SSSR count). The maximum atomic E-state index is 5.36. The summed E-state index contributed by atoms with van der Waals surface area (Å²) >= 11 is 0. The molecule has 0 aliphatic carbocycles. The zero-order valence-corrected chi connectivity index (χ0v) is 12.7. The Kier molecular flexibility index (Phi) is 3.34. The third kappa shape index (κ3) is 2.48. The van der Waals surface area contributed by atoms with Crippen LogP contribution >= 0.6 is 0 Å². The minimum absolute atomic E-state index is 0.510. The highest BCUT2D eigenvalue weighted by Crippen LogP contribution is 2.24. The van der Waals surface area contributed by atoms with Gasteiger partial charge in [-0.25, -0.2) is 4.68 Å². The standard InChI is InChI=1S/C17H15N5O/c1-2-10-22-15-9-8-13(11-14(15)19-21-22)16-18-17(23-20-16)12-6-4-3-5-7-12/h3-9,11H,2,10H2,1H3. The largest absolute Gasteiger partial charge is 0.334 e. The van der Waals surface area contributed by atoms with Crippen molar-refractivity contribution < 1.29 is 4.52 Å². The van der Waals surface area contributed by atoms with Crippen LogP contribution in [0.3, 0.4) is 0 Å². The Bertz CT molecular complexity index is 942. The molecule has 0 radical (unpaired) electrons. The predicted octanol–water partition coefficient (Wildman–Crippen LogP) is 3.56. The van der Waals surface area contributed by atoms with Gasteiger partial charge in [-0.2, -0.15) is 4.98 Å². The van der Waals surface area contributed by atoms with E-state index in [1.165, 1.54) is 0 Å². The van der Waals surface area contributed by atoms with Gasteiger partial charge >= 0.3 is 0 Å². The van der Waals surface area contributed by atoms with E-state index in [-0.39, 0.29) is 0 Å².